The van der Waals surface area contributed by atoms with Crippen LogP contribution in [0.4, 0.5) is 0 Å². The first kappa shape index (κ1) is 11.4. The maximum Gasteiger partial charge on any atom is 0.0931 e. The molecule has 84 valence electrons. The van der Waals surface area contributed by atoms with E-state index in [0.29, 0.717) is 0 Å². The van der Waals surface area contributed by atoms with E-state index in [9.17, 15) is 0 Å². The van der Waals surface area contributed by atoms with Gasteiger partial charge in [-0.15, -0.1) is 11.3 Å². The van der Waals surface area contributed by atoms with Crippen molar-refractivity contribution in [1.29, 1.82) is 0 Å². The topological polar surface area (TPSA) is 24.1 Å². The van der Waals surface area contributed by atoms with Crippen molar-refractivity contribution in [3.05, 3.63) is 21.3 Å². The van der Waals surface area contributed by atoms with E-state index in [1.165, 1.54) is 24.3 Å². The average molecular weight is 245 g/mol. The van der Waals surface area contributed by atoms with Crippen LogP contribution in [0.3, 0.4) is 0 Å². The third-order valence-corrected chi connectivity index (χ3v) is 3.77. The largest absolute Gasteiger partial charge is 0.315 e. The molecule has 1 aromatic heterocycles. The Morgan fingerprint density at radius 2 is 2.07 bits per heavy atom. The minimum absolute atomic E-state index is 0.874. The zero-order valence-electron chi connectivity index (χ0n) is 8.76. The molecule has 1 fully saturated rings. The van der Waals surface area contributed by atoms with Crippen molar-refractivity contribution in [2.75, 3.05) is 19.6 Å². The van der Waals surface area contributed by atoms with Crippen LogP contribution >= 0.6 is 22.9 Å². The molecule has 1 saturated carbocycles. The van der Waals surface area contributed by atoms with E-state index in [4.69, 9.17) is 11.6 Å². The summed E-state index contributed by atoms with van der Waals surface area (Å²) in [7, 11) is 0. The predicted molar refractivity (Wildman–Crippen MR) is 66.6 cm³/mol. The quantitative estimate of drug-likeness (QED) is 0.721. The van der Waals surface area contributed by atoms with Gasteiger partial charge >= 0.3 is 0 Å². The molecule has 2 rings (SSSR count). The highest BCUT2D eigenvalue weighted by Crippen LogP contribution is 2.27. The van der Waals surface area contributed by atoms with Gasteiger partial charge in [-0.25, -0.2) is 0 Å². The van der Waals surface area contributed by atoms with Crippen molar-refractivity contribution >= 4 is 22.9 Å². The van der Waals surface area contributed by atoms with Gasteiger partial charge in [0.05, 0.1) is 4.34 Å². The monoisotopic (exact) mass is 244 g/mol. The lowest BCUT2D eigenvalue weighted by molar-refractivity contribution is 0.591. The Balaban J connectivity index is 1.47. The van der Waals surface area contributed by atoms with Crippen LogP contribution in [0.2, 0.25) is 4.34 Å². The SMILES string of the molecule is Clc1ccc(CNCCNCC2CC2)s1. The highest BCUT2D eigenvalue weighted by atomic mass is 35.5. The smallest absolute Gasteiger partial charge is 0.0931 e. The minimum Gasteiger partial charge on any atom is -0.315 e. The summed E-state index contributed by atoms with van der Waals surface area (Å²) in [5, 5.41) is 6.85. The van der Waals surface area contributed by atoms with E-state index in [-0.39, 0.29) is 0 Å². The van der Waals surface area contributed by atoms with Gasteiger partial charge in [0.1, 0.15) is 0 Å². The van der Waals surface area contributed by atoms with Crippen molar-refractivity contribution in [2.24, 2.45) is 5.92 Å². The zero-order valence-corrected chi connectivity index (χ0v) is 10.3. The number of halogens is 1. The van der Waals surface area contributed by atoms with Crippen molar-refractivity contribution in [3.63, 3.8) is 0 Å². The van der Waals surface area contributed by atoms with E-state index in [0.717, 1.165) is 29.9 Å². The van der Waals surface area contributed by atoms with Gasteiger partial charge in [-0.2, -0.15) is 0 Å². The Hall–Kier alpha value is -0.0900. The van der Waals surface area contributed by atoms with E-state index in [1.54, 1.807) is 11.3 Å². The molecule has 0 aliphatic heterocycles. The van der Waals surface area contributed by atoms with Gasteiger partial charge in [0, 0.05) is 24.5 Å². The fraction of sp³-hybridized carbons (Fsp3) is 0.636. The van der Waals surface area contributed by atoms with Crippen molar-refractivity contribution in [1.82, 2.24) is 10.6 Å². The molecule has 0 bridgehead atoms. The van der Waals surface area contributed by atoms with Crippen LogP contribution in [0.1, 0.15) is 17.7 Å². The molecule has 0 amide bonds. The zero-order chi connectivity index (χ0) is 10.5. The van der Waals surface area contributed by atoms with Crippen LogP contribution in [-0.4, -0.2) is 19.6 Å². The van der Waals surface area contributed by atoms with Crippen LogP contribution in [0.15, 0.2) is 12.1 Å². The second-order valence-electron chi connectivity index (χ2n) is 4.03. The lowest BCUT2D eigenvalue weighted by Crippen LogP contribution is -2.28. The molecule has 0 saturated heterocycles. The third kappa shape index (κ3) is 4.51. The van der Waals surface area contributed by atoms with Crippen molar-refractivity contribution in [3.8, 4) is 0 Å². The van der Waals surface area contributed by atoms with Gasteiger partial charge in [0.15, 0.2) is 0 Å². The highest BCUT2D eigenvalue weighted by Gasteiger charge is 2.19. The first-order valence-corrected chi connectivity index (χ1v) is 6.69. The number of rotatable bonds is 7. The fourth-order valence-electron chi connectivity index (χ4n) is 1.46. The molecule has 1 aliphatic rings. The summed E-state index contributed by atoms with van der Waals surface area (Å²) in [6.45, 7) is 4.23. The Labute approximate surface area is 100 Å². The van der Waals surface area contributed by atoms with Crippen molar-refractivity contribution < 1.29 is 0 Å². The molecule has 1 aromatic rings. The molecule has 1 heterocycles. The molecule has 2 nitrogen and oxygen atoms in total. The normalized spacial score (nSPS) is 15.8. The van der Waals surface area contributed by atoms with Gasteiger partial charge in [0.2, 0.25) is 0 Å². The Bertz CT molecular complexity index is 297. The average Bonchev–Trinajstić information content (AvgIpc) is 2.95. The second kappa shape index (κ2) is 5.85. The highest BCUT2D eigenvalue weighted by molar-refractivity contribution is 7.16. The Morgan fingerprint density at radius 1 is 1.27 bits per heavy atom. The summed E-state index contributed by atoms with van der Waals surface area (Å²) in [6, 6.07) is 4.03. The van der Waals surface area contributed by atoms with Gasteiger partial charge in [0.25, 0.3) is 0 Å². The van der Waals surface area contributed by atoms with Crippen LogP contribution in [-0.2, 0) is 6.54 Å². The maximum atomic E-state index is 5.84. The Kier molecular flexibility index (Phi) is 4.44. The van der Waals surface area contributed by atoms with Crippen LogP contribution in [0.5, 0.6) is 0 Å². The predicted octanol–water partition coefficient (Wildman–Crippen LogP) is 2.49. The number of thiophene rings is 1. The summed E-state index contributed by atoms with van der Waals surface area (Å²) in [6.07, 6.45) is 2.85. The molecule has 1 aliphatic carbocycles. The van der Waals surface area contributed by atoms with Gasteiger partial charge in [-0.3, -0.25) is 0 Å². The minimum atomic E-state index is 0.874. The first-order chi connectivity index (χ1) is 7.34. The van der Waals surface area contributed by atoms with Gasteiger partial charge in [-0.1, -0.05) is 11.6 Å². The van der Waals surface area contributed by atoms with Crippen LogP contribution in [0.25, 0.3) is 0 Å². The van der Waals surface area contributed by atoms with Gasteiger partial charge < -0.3 is 10.6 Å². The number of hydrogen-bond acceptors (Lipinski definition) is 3. The van der Waals surface area contributed by atoms with E-state index in [1.807, 2.05) is 6.07 Å². The summed E-state index contributed by atoms with van der Waals surface area (Å²) in [5.41, 5.74) is 0. The van der Waals surface area contributed by atoms with E-state index in [2.05, 4.69) is 16.7 Å². The molecular weight excluding hydrogens is 228 g/mol. The number of hydrogen-bond donors (Lipinski definition) is 2. The van der Waals surface area contributed by atoms with Crippen molar-refractivity contribution in [2.45, 2.75) is 19.4 Å². The molecule has 15 heavy (non-hydrogen) atoms. The standard InChI is InChI=1S/C11H17ClN2S/c12-11-4-3-10(15-11)8-14-6-5-13-7-9-1-2-9/h3-4,9,13-14H,1-2,5-8H2. The summed E-state index contributed by atoms with van der Waals surface area (Å²) in [5.74, 6) is 0.973. The van der Waals surface area contributed by atoms with E-state index < -0.39 is 0 Å². The maximum absolute atomic E-state index is 5.84. The van der Waals surface area contributed by atoms with Gasteiger partial charge in [-0.05, 0) is 37.4 Å². The first-order valence-electron chi connectivity index (χ1n) is 5.50. The lowest BCUT2D eigenvalue weighted by Gasteiger charge is -2.04. The molecule has 2 N–H and O–H groups in total. The van der Waals surface area contributed by atoms with E-state index >= 15 is 0 Å². The fourth-order valence-corrected chi connectivity index (χ4v) is 2.52. The summed E-state index contributed by atoms with van der Waals surface area (Å²) < 4.78 is 0.874. The molecule has 0 spiro atoms. The molecule has 4 heteroatoms. The molecule has 0 atom stereocenters. The molecule has 0 unspecified atom stereocenters. The van der Waals surface area contributed by atoms with Crippen LogP contribution < -0.4 is 10.6 Å². The summed E-state index contributed by atoms with van der Waals surface area (Å²) >= 11 is 7.49. The Morgan fingerprint density at radius 3 is 2.73 bits per heavy atom. The second-order valence-corrected chi connectivity index (χ2v) is 5.83. The molecular formula is C11H17ClN2S. The molecule has 0 aromatic carbocycles. The molecule has 0 radical (unpaired) electrons. The lowest BCUT2D eigenvalue weighted by atomic mass is 10.4. The number of nitrogens with one attached hydrogen (secondary N) is 2. The summed E-state index contributed by atoms with van der Waals surface area (Å²) in [4.78, 5) is 1.31. The van der Waals surface area contributed by atoms with Crippen LogP contribution in [0, 0.1) is 5.92 Å². The third-order valence-electron chi connectivity index (χ3n) is 2.54.